The van der Waals surface area contributed by atoms with Crippen molar-refractivity contribution in [3.8, 4) is 11.3 Å². The molecule has 3 aromatic rings. The molecule has 30 heavy (non-hydrogen) atoms. The van der Waals surface area contributed by atoms with Crippen LogP contribution in [0.15, 0.2) is 47.7 Å². The first kappa shape index (κ1) is 18.4. The first-order chi connectivity index (χ1) is 14.5. The van der Waals surface area contributed by atoms with Crippen LogP contribution in [-0.4, -0.2) is 43.4 Å². The molecule has 0 saturated carbocycles. The summed E-state index contributed by atoms with van der Waals surface area (Å²) < 4.78 is 15.8. The molecule has 3 aromatic heterocycles. The van der Waals surface area contributed by atoms with Gasteiger partial charge in [-0.3, -0.25) is 9.59 Å². The van der Waals surface area contributed by atoms with E-state index in [1.54, 1.807) is 21.6 Å². The van der Waals surface area contributed by atoms with Crippen molar-refractivity contribution in [3.63, 3.8) is 0 Å². The zero-order valence-electron chi connectivity index (χ0n) is 16.0. The Morgan fingerprint density at radius 3 is 2.80 bits per heavy atom. The van der Waals surface area contributed by atoms with Crippen LogP contribution in [-0.2, 0) is 6.54 Å². The van der Waals surface area contributed by atoms with E-state index < -0.39 is 11.7 Å². The quantitative estimate of drug-likeness (QED) is 0.694. The van der Waals surface area contributed by atoms with Crippen molar-refractivity contribution in [2.45, 2.75) is 18.9 Å². The zero-order valence-corrected chi connectivity index (χ0v) is 16.0. The first-order valence-corrected chi connectivity index (χ1v) is 9.72. The number of anilines is 1. The highest BCUT2D eigenvalue weighted by molar-refractivity contribution is 5.92. The third-order valence-corrected chi connectivity index (χ3v) is 5.79. The minimum atomic E-state index is -0.626. The van der Waals surface area contributed by atoms with Crippen molar-refractivity contribution in [3.05, 3.63) is 70.4 Å². The molecule has 8 nitrogen and oxygen atoms in total. The van der Waals surface area contributed by atoms with Gasteiger partial charge in [0.1, 0.15) is 12.1 Å². The fourth-order valence-electron chi connectivity index (χ4n) is 4.50. The third kappa shape index (κ3) is 3.12. The molecule has 1 fully saturated rings. The van der Waals surface area contributed by atoms with E-state index in [9.17, 15) is 14.0 Å². The predicted molar refractivity (Wildman–Crippen MR) is 107 cm³/mol. The normalized spacial score (nSPS) is 20.0. The van der Waals surface area contributed by atoms with Crippen LogP contribution >= 0.6 is 0 Å². The van der Waals surface area contributed by atoms with Gasteiger partial charge < -0.3 is 15.2 Å². The number of carbonyl (C=O) groups excluding carboxylic acids is 1. The maximum absolute atomic E-state index is 14.1. The van der Waals surface area contributed by atoms with Crippen LogP contribution in [0.4, 0.5) is 10.2 Å². The van der Waals surface area contributed by atoms with Gasteiger partial charge in [0.15, 0.2) is 11.5 Å². The van der Waals surface area contributed by atoms with Gasteiger partial charge in [0.05, 0.1) is 5.69 Å². The van der Waals surface area contributed by atoms with Crippen LogP contribution < -0.4 is 11.3 Å². The Kier molecular flexibility index (Phi) is 4.30. The Morgan fingerprint density at radius 2 is 2.00 bits per heavy atom. The molecule has 0 aromatic carbocycles. The molecular weight excluding hydrogens is 387 g/mol. The van der Waals surface area contributed by atoms with Crippen LogP contribution in [0.5, 0.6) is 0 Å². The summed E-state index contributed by atoms with van der Waals surface area (Å²) in [5.41, 5.74) is 7.57. The average Bonchev–Trinajstić information content (AvgIpc) is 2.74. The van der Waals surface area contributed by atoms with Gasteiger partial charge in [-0.05, 0) is 30.5 Å². The maximum Gasteiger partial charge on any atom is 0.275 e. The second-order valence-corrected chi connectivity index (χ2v) is 7.79. The van der Waals surface area contributed by atoms with Crippen LogP contribution in [0.25, 0.3) is 11.3 Å². The lowest BCUT2D eigenvalue weighted by molar-refractivity contribution is 0.0584. The summed E-state index contributed by atoms with van der Waals surface area (Å²) in [6, 6.07) is 7.80. The highest BCUT2D eigenvalue weighted by atomic mass is 19.1. The average molecular weight is 406 g/mol. The van der Waals surface area contributed by atoms with Gasteiger partial charge in [-0.1, -0.05) is 0 Å². The Balaban J connectivity index is 1.50. The van der Waals surface area contributed by atoms with Crippen LogP contribution in [0.2, 0.25) is 0 Å². The molecule has 1 amide bonds. The third-order valence-electron chi connectivity index (χ3n) is 5.79. The van der Waals surface area contributed by atoms with Crippen molar-refractivity contribution in [2.24, 2.45) is 5.92 Å². The van der Waals surface area contributed by atoms with Gasteiger partial charge >= 0.3 is 0 Å². The maximum atomic E-state index is 14.1. The van der Waals surface area contributed by atoms with Crippen molar-refractivity contribution >= 4 is 11.7 Å². The Morgan fingerprint density at radius 1 is 1.13 bits per heavy atom. The smallest absolute Gasteiger partial charge is 0.275 e. The molecular formula is C21H19FN6O2. The van der Waals surface area contributed by atoms with E-state index in [0.29, 0.717) is 36.7 Å². The highest BCUT2D eigenvalue weighted by Crippen LogP contribution is 2.37. The molecule has 2 aliphatic rings. The van der Waals surface area contributed by atoms with Crippen molar-refractivity contribution < 1.29 is 9.18 Å². The summed E-state index contributed by atoms with van der Waals surface area (Å²) in [6.45, 7) is 1.40. The molecule has 0 radical (unpaired) electrons. The van der Waals surface area contributed by atoms with E-state index in [-0.39, 0.29) is 23.1 Å². The number of nitrogen functional groups attached to an aromatic ring is 1. The van der Waals surface area contributed by atoms with E-state index in [1.165, 1.54) is 24.7 Å². The van der Waals surface area contributed by atoms with Crippen molar-refractivity contribution in [1.82, 2.24) is 24.4 Å². The minimum Gasteiger partial charge on any atom is -0.384 e. The fraction of sp³-hybridized carbons (Fsp3) is 0.286. The first-order valence-electron chi connectivity index (χ1n) is 9.72. The molecule has 0 spiro atoms. The van der Waals surface area contributed by atoms with Crippen LogP contribution in [0.3, 0.4) is 0 Å². The second kappa shape index (κ2) is 7.01. The number of piperidine rings is 1. The second-order valence-electron chi connectivity index (χ2n) is 7.79. The number of amides is 1. The number of carbonyl (C=O) groups is 1. The number of hydrogen-bond acceptors (Lipinski definition) is 6. The Labute approximate surface area is 171 Å². The number of pyridine rings is 2. The minimum absolute atomic E-state index is 0.0277. The largest absolute Gasteiger partial charge is 0.384 e. The molecule has 152 valence electrons. The number of nitrogens with two attached hydrogens (primary N) is 1. The molecule has 0 unspecified atom stereocenters. The van der Waals surface area contributed by atoms with Crippen molar-refractivity contribution in [2.75, 3.05) is 18.8 Å². The summed E-state index contributed by atoms with van der Waals surface area (Å²) in [5, 5.41) is 0. The summed E-state index contributed by atoms with van der Waals surface area (Å²) in [6.07, 6.45) is 3.64. The van der Waals surface area contributed by atoms with Gasteiger partial charge in [0, 0.05) is 55.1 Å². The number of likely N-dealkylation sites (tertiary alicyclic amines) is 1. The Hall–Kier alpha value is -3.62. The van der Waals surface area contributed by atoms with E-state index in [4.69, 9.17) is 5.73 Å². The van der Waals surface area contributed by atoms with E-state index >= 15 is 0 Å². The molecule has 2 atom stereocenters. The van der Waals surface area contributed by atoms with E-state index in [2.05, 4.69) is 15.0 Å². The number of nitrogens with zero attached hydrogens (tertiary/aromatic N) is 5. The summed E-state index contributed by atoms with van der Waals surface area (Å²) in [5.74, 6) is -0.619. The van der Waals surface area contributed by atoms with Crippen LogP contribution in [0, 0.1) is 11.7 Å². The van der Waals surface area contributed by atoms with Crippen molar-refractivity contribution in [1.29, 1.82) is 0 Å². The molecule has 2 aliphatic heterocycles. The summed E-state index contributed by atoms with van der Waals surface area (Å²) in [4.78, 5) is 39.4. The molecule has 5 rings (SSSR count). The number of halogens is 1. The standard InChI is InChI=1S/C21H19FN6O2/c22-15-2-1-3-24-20(15)21(30)27-8-12-4-14(10-27)17-5-13(6-19(29)28(17)9-12)16-7-18(23)26-11-25-16/h1-3,5-7,11-12,14H,4,8-10H2,(H2,23,25,26)/t12-,14+/m0/s1. The fourth-order valence-corrected chi connectivity index (χ4v) is 4.50. The molecule has 2 bridgehead atoms. The lowest BCUT2D eigenvalue weighted by Crippen LogP contribution is -2.49. The number of hydrogen-bond donors (Lipinski definition) is 1. The monoisotopic (exact) mass is 406 g/mol. The summed E-state index contributed by atoms with van der Waals surface area (Å²) >= 11 is 0. The van der Waals surface area contributed by atoms with Gasteiger partial charge in [0.25, 0.3) is 11.5 Å². The number of aromatic nitrogens is 4. The SMILES string of the molecule is Nc1cc(-c2cc3n(c(=O)c2)C[C@H]2C[C@@H]3CN(C(=O)c3ncccc3F)C2)ncn1. The van der Waals surface area contributed by atoms with E-state index in [1.807, 2.05) is 6.07 Å². The summed E-state index contributed by atoms with van der Waals surface area (Å²) in [7, 11) is 0. The predicted octanol–water partition coefficient (Wildman–Crippen LogP) is 1.68. The Bertz CT molecular complexity index is 1210. The molecule has 2 N–H and O–H groups in total. The molecule has 0 aliphatic carbocycles. The van der Waals surface area contributed by atoms with Gasteiger partial charge in [-0.25, -0.2) is 19.3 Å². The van der Waals surface area contributed by atoms with Gasteiger partial charge in [0.2, 0.25) is 0 Å². The zero-order chi connectivity index (χ0) is 20.8. The number of rotatable bonds is 2. The topological polar surface area (TPSA) is 107 Å². The molecule has 5 heterocycles. The van der Waals surface area contributed by atoms with Gasteiger partial charge in [-0.15, -0.1) is 0 Å². The lowest BCUT2D eigenvalue weighted by Gasteiger charge is -2.42. The lowest BCUT2D eigenvalue weighted by atomic mass is 9.82. The molecule has 9 heteroatoms. The highest BCUT2D eigenvalue weighted by Gasteiger charge is 2.37. The van der Waals surface area contributed by atoms with Gasteiger partial charge in [-0.2, -0.15) is 0 Å². The number of fused-ring (bicyclic) bond motifs is 4. The van der Waals surface area contributed by atoms with Crippen LogP contribution in [0.1, 0.15) is 28.5 Å². The molecule has 1 saturated heterocycles. The van der Waals surface area contributed by atoms with E-state index in [0.717, 1.165) is 12.1 Å².